The number of piperazine rings is 1. The van der Waals surface area contributed by atoms with Crippen LogP contribution in [0.2, 0.25) is 0 Å². The summed E-state index contributed by atoms with van der Waals surface area (Å²) in [4.78, 5) is 5.02. The van der Waals surface area contributed by atoms with E-state index in [9.17, 15) is 0 Å². The lowest BCUT2D eigenvalue weighted by atomic mass is 10.2. The van der Waals surface area contributed by atoms with Gasteiger partial charge in [0.1, 0.15) is 0 Å². The second kappa shape index (κ2) is 5.20. The fourth-order valence-corrected chi connectivity index (χ4v) is 4.01. The molecule has 0 bridgehead atoms. The molecule has 2 heterocycles. The molecule has 1 aromatic rings. The predicted octanol–water partition coefficient (Wildman–Crippen LogP) is 2.37. The van der Waals surface area contributed by atoms with E-state index < -0.39 is 0 Å². The van der Waals surface area contributed by atoms with Gasteiger partial charge in [0.2, 0.25) is 5.13 Å². The second-order valence-electron chi connectivity index (χ2n) is 4.80. The lowest BCUT2D eigenvalue weighted by molar-refractivity contribution is 0.187. The zero-order valence-corrected chi connectivity index (χ0v) is 12.2. The van der Waals surface area contributed by atoms with E-state index in [2.05, 4.69) is 35.9 Å². The van der Waals surface area contributed by atoms with E-state index in [0.717, 1.165) is 28.2 Å². The molecule has 94 valence electrons. The smallest absolute Gasteiger partial charge is 0.209 e. The van der Waals surface area contributed by atoms with Gasteiger partial charge >= 0.3 is 0 Å². The predicted molar refractivity (Wildman–Crippen MR) is 73.7 cm³/mol. The first-order valence-corrected chi connectivity index (χ1v) is 7.92. The highest BCUT2D eigenvalue weighted by Gasteiger charge is 2.27. The Morgan fingerprint density at radius 1 is 1.06 bits per heavy atom. The third-order valence-corrected chi connectivity index (χ3v) is 5.23. The summed E-state index contributed by atoms with van der Waals surface area (Å²) in [5.41, 5.74) is 0. The molecule has 6 heteroatoms. The minimum atomic E-state index is 0.860. The van der Waals surface area contributed by atoms with Gasteiger partial charge in [-0.1, -0.05) is 24.2 Å². The van der Waals surface area contributed by atoms with Crippen LogP contribution in [0.15, 0.2) is 3.92 Å². The number of halogens is 1. The molecule has 0 aromatic carbocycles. The number of hydrogen-bond acceptors (Lipinski definition) is 5. The molecule has 3 rings (SSSR count). The van der Waals surface area contributed by atoms with Crippen LogP contribution in [0.4, 0.5) is 5.13 Å². The van der Waals surface area contributed by atoms with E-state index >= 15 is 0 Å². The Kier molecular flexibility index (Phi) is 3.63. The maximum Gasteiger partial charge on any atom is 0.209 e. The third kappa shape index (κ3) is 2.63. The fraction of sp³-hybridized carbons (Fsp3) is 0.818. The summed E-state index contributed by atoms with van der Waals surface area (Å²) >= 11 is 5.00. The van der Waals surface area contributed by atoms with Crippen molar-refractivity contribution in [2.45, 2.75) is 31.7 Å². The first kappa shape index (κ1) is 11.9. The summed E-state index contributed by atoms with van der Waals surface area (Å²) in [7, 11) is 0. The van der Waals surface area contributed by atoms with Gasteiger partial charge in [-0.2, -0.15) is 0 Å². The highest BCUT2D eigenvalue weighted by Crippen LogP contribution is 2.27. The van der Waals surface area contributed by atoms with Crippen LogP contribution in [-0.4, -0.2) is 47.3 Å². The van der Waals surface area contributed by atoms with Gasteiger partial charge in [-0.3, -0.25) is 4.90 Å². The van der Waals surface area contributed by atoms with Crippen LogP contribution in [0.25, 0.3) is 0 Å². The molecule has 1 saturated carbocycles. The Hall–Kier alpha value is -0.200. The van der Waals surface area contributed by atoms with Crippen LogP contribution in [0.3, 0.4) is 0 Å². The monoisotopic (exact) mass is 316 g/mol. The topological polar surface area (TPSA) is 32.3 Å². The Balaban J connectivity index is 1.56. The second-order valence-corrected chi connectivity index (χ2v) is 7.03. The molecule has 17 heavy (non-hydrogen) atoms. The van der Waals surface area contributed by atoms with Crippen LogP contribution in [0, 0.1) is 0 Å². The van der Waals surface area contributed by atoms with Crippen molar-refractivity contribution < 1.29 is 0 Å². The summed E-state index contributed by atoms with van der Waals surface area (Å²) < 4.78 is 0.880. The minimum Gasteiger partial charge on any atom is -0.344 e. The zero-order valence-electron chi connectivity index (χ0n) is 9.81. The van der Waals surface area contributed by atoms with Gasteiger partial charge in [-0.15, -0.1) is 10.2 Å². The highest BCUT2D eigenvalue weighted by molar-refractivity contribution is 9.11. The summed E-state index contributed by atoms with van der Waals surface area (Å²) in [6.07, 6.45) is 5.66. The molecule has 0 unspecified atom stereocenters. The SMILES string of the molecule is Brc1nnc(N2CCN(C3CCCC3)CC2)s1. The molecule has 4 nitrogen and oxygen atoms in total. The summed E-state index contributed by atoms with van der Waals surface area (Å²) in [6.45, 7) is 4.56. The van der Waals surface area contributed by atoms with Crippen molar-refractivity contribution in [3.05, 3.63) is 3.92 Å². The first-order valence-electron chi connectivity index (χ1n) is 6.31. The Morgan fingerprint density at radius 3 is 2.35 bits per heavy atom. The van der Waals surface area contributed by atoms with Gasteiger partial charge in [0.25, 0.3) is 0 Å². The Bertz CT molecular complexity index is 369. The maximum absolute atomic E-state index is 4.19. The standard InChI is InChI=1S/C11H17BrN4S/c12-10-13-14-11(17-10)16-7-5-15(6-8-16)9-3-1-2-4-9/h9H,1-8H2. The maximum atomic E-state index is 4.19. The average molecular weight is 317 g/mol. The van der Waals surface area contributed by atoms with Crippen molar-refractivity contribution in [3.63, 3.8) is 0 Å². The number of rotatable bonds is 2. The number of aromatic nitrogens is 2. The largest absolute Gasteiger partial charge is 0.344 e. The van der Waals surface area contributed by atoms with E-state index in [1.54, 1.807) is 11.3 Å². The molecule has 0 radical (unpaired) electrons. The molecule has 1 aromatic heterocycles. The third-order valence-electron chi connectivity index (χ3n) is 3.82. The van der Waals surface area contributed by atoms with Crippen LogP contribution in [0.5, 0.6) is 0 Å². The molecular weight excluding hydrogens is 300 g/mol. The van der Waals surface area contributed by atoms with Crippen molar-refractivity contribution in [1.82, 2.24) is 15.1 Å². The molecule has 2 aliphatic rings. The van der Waals surface area contributed by atoms with Crippen LogP contribution >= 0.6 is 27.3 Å². The molecule has 0 N–H and O–H groups in total. The van der Waals surface area contributed by atoms with E-state index in [1.807, 2.05) is 0 Å². The van der Waals surface area contributed by atoms with Crippen LogP contribution in [0.1, 0.15) is 25.7 Å². The van der Waals surface area contributed by atoms with Gasteiger partial charge in [-0.25, -0.2) is 0 Å². The van der Waals surface area contributed by atoms with Crippen molar-refractivity contribution >= 4 is 32.4 Å². The molecule has 0 amide bonds. The molecule has 1 aliphatic carbocycles. The lowest BCUT2D eigenvalue weighted by Crippen LogP contribution is -2.49. The van der Waals surface area contributed by atoms with Gasteiger partial charge < -0.3 is 4.90 Å². The Labute approximate surface area is 114 Å². The van der Waals surface area contributed by atoms with Crippen molar-refractivity contribution in [2.24, 2.45) is 0 Å². The first-order chi connectivity index (χ1) is 8.33. The molecule has 0 atom stereocenters. The lowest BCUT2D eigenvalue weighted by Gasteiger charge is -2.37. The number of hydrogen-bond donors (Lipinski definition) is 0. The van der Waals surface area contributed by atoms with Crippen LogP contribution in [-0.2, 0) is 0 Å². The average Bonchev–Trinajstić information content (AvgIpc) is 3.00. The fourth-order valence-electron chi connectivity index (χ4n) is 2.87. The summed E-state index contributed by atoms with van der Waals surface area (Å²) in [5, 5.41) is 9.27. The van der Waals surface area contributed by atoms with E-state index in [0.29, 0.717) is 0 Å². The van der Waals surface area contributed by atoms with Crippen molar-refractivity contribution in [2.75, 3.05) is 31.1 Å². The molecule has 1 saturated heterocycles. The quantitative estimate of drug-likeness (QED) is 0.838. The number of anilines is 1. The van der Waals surface area contributed by atoms with Gasteiger partial charge in [-0.05, 0) is 28.8 Å². The van der Waals surface area contributed by atoms with Crippen LogP contribution < -0.4 is 4.90 Å². The molecule has 1 aliphatic heterocycles. The van der Waals surface area contributed by atoms with Crippen molar-refractivity contribution in [3.8, 4) is 0 Å². The highest BCUT2D eigenvalue weighted by atomic mass is 79.9. The summed E-state index contributed by atoms with van der Waals surface area (Å²) in [6, 6.07) is 0.860. The van der Waals surface area contributed by atoms with Crippen molar-refractivity contribution in [1.29, 1.82) is 0 Å². The van der Waals surface area contributed by atoms with E-state index in [1.165, 1.54) is 38.8 Å². The summed E-state index contributed by atoms with van der Waals surface area (Å²) in [5.74, 6) is 0. The van der Waals surface area contributed by atoms with Gasteiger partial charge in [0.15, 0.2) is 3.92 Å². The molecular formula is C11H17BrN4S. The van der Waals surface area contributed by atoms with Gasteiger partial charge in [0.05, 0.1) is 0 Å². The molecule has 2 fully saturated rings. The molecule has 0 spiro atoms. The minimum absolute atomic E-state index is 0.860. The van der Waals surface area contributed by atoms with E-state index in [-0.39, 0.29) is 0 Å². The zero-order chi connectivity index (χ0) is 11.7. The number of nitrogens with zero attached hydrogens (tertiary/aromatic N) is 4. The Morgan fingerprint density at radius 2 is 1.76 bits per heavy atom. The van der Waals surface area contributed by atoms with Gasteiger partial charge in [0, 0.05) is 32.2 Å². The normalized spacial score (nSPS) is 23.5. The van der Waals surface area contributed by atoms with E-state index in [4.69, 9.17) is 0 Å².